The second-order valence-electron chi connectivity index (χ2n) is 6.22. The van der Waals surface area contributed by atoms with Gasteiger partial charge in [-0.25, -0.2) is 8.42 Å². The van der Waals surface area contributed by atoms with Crippen LogP contribution in [0.5, 0.6) is 0 Å². The van der Waals surface area contributed by atoms with Crippen molar-refractivity contribution in [2.45, 2.75) is 40.5 Å². The number of hydrogen-bond acceptors (Lipinski definition) is 3. The second-order valence-corrected chi connectivity index (χ2v) is 8.13. The lowest BCUT2D eigenvalue weighted by Crippen LogP contribution is -2.39. The van der Waals surface area contributed by atoms with E-state index in [-0.39, 0.29) is 18.4 Å². The summed E-state index contributed by atoms with van der Waals surface area (Å²) in [6.07, 6.45) is 2.40. The highest BCUT2D eigenvalue weighted by Crippen LogP contribution is 2.27. The number of carbonyl (C=O) groups excluding carboxylic acids is 1. The molecule has 0 aliphatic heterocycles. The summed E-state index contributed by atoms with van der Waals surface area (Å²) in [5, 5.41) is 2.80. The van der Waals surface area contributed by atoms with E-state index in [4.69, 9.17) is 0 Å². The quantitative estimate of drug-likeness (QED) is 0.790. The van der Waals surface area contributed by atoms with Crippen molar-refractivity contribution in [3.05, 3.63) is 29.3 Å². The summed E-state index contributed by atoms with van der Waals surface area (Å²) < 4.78 is 25.8. The third kappa shape index (κ3) is 5.86. The van der Waals surface area contributed by atoms with Crippen molar-refractivity contribution in [1.82, 2.24) is 5.32 Å². The molecule has 6 heteroatoms. The van der Waals surface area contributed by atoms with Crippen molar-refractivity contribution < 1.29 is 13.2 Å². The van der Waals surface area contributed by atoms with Crippen molar-refractivity contribution in [1.29, 1.82) is 0 Å². The van der Waals surface area contributed by atoms with Gasteiger partial charge >= 0.3 is 0 Å². The third-order valence-corrected chi connectivity index (χ3v) is 4.75. The number of sulfonamides is 1. The molecular formula is C17H28N2O3S. The summed E-state index contributed by atoms with van der Waals surface area (Å²) in [6, 6.07) is 5.78. The number of amides is 1. The van der Waals surface area contributed by atoms with Crippen LogP contribution in [0.2, 0.25) is 0 Å². The third-order valence-electron chi connectivity index (χ3n) is 3.58. The van der Waals surface area contributed by atoms with Gasteiger partial charge in [-0.2, -0.15) is 0 Å². The summed E-state index contributed by atoms with van der Waals surface area (Å²) >= 11 is 0. The minimum absolute atomic E-state index is 0.0473. The van der Waals surface area contributed by atoms with Crippen molar-refractivity contribution in [2.24, 2.45) is 5.92 Å². The topological polar surface area (TPSA) is 66.5 Å². The molecule has 0 bridgehead atoms. The van der Waals surface area contributed by atoms with E-state index < -0.39 is 10.0 Å². The first-order valence-corrected chi connectivity index (χ1v) is 9.84. The molecule has 1 aromatic carbocycles. The number of nitrogens with zero attached hydrogens (tertiary/aromatic N) is 1. The van der Waals surface area contributed by atoms with Crippen LogP contribution in [-0.4, -0.2) is 33.7 Å². The summed E-state index contributed by atoms with van der Waals surface area (Å²) in [5.74, 6) is 0.234. The molecule has 0 aliphatic rings. The predicted octanol–water partition coefficient (Wildman–Crippen LogP) is 2.49. The number of carbonyl (C=O) groups is 1. The minimum Gasteiger partial charge on any atom is -0.354 e. The molecule has 23 heavy (non-hydrogen) atoms. The highest BCUT2D eigenvalue weighted by atomic mass is 32.2. The zero-order valence-electron chi connectivity index (χ0n) is 14.7. The molecule has 1 aromatic rings. The molecule has 0 saturated heterocycles. The zero-order chi connectivity index (χ0) is 17.6. The molecule has 0 spiro atoms. The average Bonchev–Trinajstić information content (AvgIpc) is 2.42. The smallest absolute Gasteiger partial charge is 0.232 e. The van der Waals surface area contributed by atoms with Crippen LogP contribution >= 0.6 is 0 Å². The Morgan fingerprint density at radius 1 is 1.30 bits per heavy atom. The molecule has 5 nitrogen and oxygen atoms in total. The van der Waals surface area contributed by atoms with Crippen LogP contribution in [0.15, 0.2) is 18.2 Å². The first kappa shape index (κ1) is 19.5. The summed E-state index contributed by atoms with van der Waals surface area (Å²) in [4.78, 5) is 11.7. The van der Waals surface area contributed by atoms with Crippen LogP contribution in [0.25, 0.3) is 0 Å². The predicted molar refractivity (Wildman–Crippen MR) is 95.2 cm³/mol. The van der Waals surface area contributed by atoms with Gasteiger partial charge in [0.1, 0.15) is 0 Å². The first-order valence-electron chi connectivity index (χ1n) is 7.99. The van der Waals surface area contributed by atoms with Gasteiger partial charge in [-0.1, -0.05) is 39.0 Å². The van der Waals surface area contributed by atoms with Gasteiger partial charge in [0.25, 0.3) is 0 Å². The van der Waals surface area contributed by atoms with Gasteiger partial charge in [-0.15, -0.1) is 0 Å². The highest BCUT2D eigenvalue weighted by Gasteiger charge is 2.21. The lowest BCUT2D eigenvalue weighted by molar-refractivity contribution is -0.121. The lowest BCUT2D eigenvalue weighted by atomic mass is 10.1. The van der Waals surface area contributed by atoms with E-state index in [1.54, 1.807) is 0 Å². The Labute approximate surface area is 140 Å². The molecule has 1 N–H and O–H groups in total. The number of aryl methyl sites for hydroxylation is 2. The zero-order valence-corrected chi connectivity index (χ0v) is 15.5. The molecule has 0 radical (unpaired) electrons. The Hall–Kier alpha value is -1.56. The number of anilines is 1. The van der Waals surface area contributed by atoms with Gasteiger partial charge in [0.05, 0.1) is 18.5 Å². The number of hydrogen-bond donors (Lipinski definition) is 1. The Morgan fingerprint density at radius 3 is 2.48 bits per heavy atom. The normalized spacial score (nSPS) is 11.6. The maximum Gasteiger partial charge on any atom is 0.232 e. The largest absolute Gasteiger partial charge is 0.354 e. The molecule has 1 rings (SSSR count). The Balaban J connectivity index is 2.94. The van der Waals surface area contributed by atoms with Gasteiger partial charge in [0.2, 0.25) is 15.9 Å². The fourth-order valence-electron chi connectivity index (χ4n) is 2.55. The van der Waals surface area contributed by atoms with E-state index in [1.165, 1.54) is 10.6 Å². The fraction of sp³-hybridized carbons (Fsp3) is 0.588. The van der Waals surface area contributed by atoms with E-state index in [2.05, 4.69) is 5.32 Å². The van der Waals surface area contributed by atoms with E-state index in [0.29, 0.717) is 13.0 Å². The molecule has 0 aromatic heterocycles. The number of nitrogens with one attached hydrogen (secondary N) is 1. The van der Waals surface area contributed by atoms with Gasteiger partial charge in [-0.3, -0.25) is 9.10 Å². The molecule has 0 atom stereocenters. The lowest BCUT2D eigenvalue weighted by Gasteiger charge is -2.26. The van der Waals surface area contributed by atoms with Crippen LogP contribution in [0.4, 0.5) is 5.69 Å². The van der Waals surface area contributed by atoms with Crippen LogP contribution in [-0.2, 0) is 21.2 Å². The SMILES string of the molecule is CCc1cccc(C)c1N(CCNC(=O)CC(C)C)S(C)(=O)=O. The van der Waals surface area contributed by atoms with Gasteiger partial charge < -0.3 is 5.32 Å². The van der Waals surface area contributed by atoms with Crippen molar-refractivity contribution in [3.8, 4) is 0 Å². The molecule has 130 valence electrons. The Morgan fingerprint density at radius 2 is 1.96 bits per heavy atom. The van der Waals surface area contributed by atoms with E-state index in [0.717, 1.165) is 23.2 Å². The molecule has 1 amide bonds. The van der Waals surface area contributed by atoms with Crippen LogP contribution < -0.4 is 9.62 Å². The van der Waals surface area contributed by atoms with Crippen molar-refractivity contribution in [2.75, 3.05) is 23.7 Å². The molecule has 0 unspecified atom stereocenters. The van der Waals surface area contributed by atoms with Crippen molar-refractivity contribution in [3.63, 3.8) is 0 Å². The second kappa shape index (κ2) is 8.34. The van der Waals surface area contributed by atoms with Gasteiger partial charge in [0.15, 0.2) is 0 Å². The maximum atomic E-state index is 12.2. The first-order chi connectivity index (χ1) is 10.7. The van der Waals surface area contributed by atoms with Crippen LogP contribution in [0.1, 0.15) is 38.3 Å². The number of rotatable bonds is 8. The fourth-order valence-corrected chi connectivity index (χ4v) is 3.56. The monoisotopic (exact) mass is 340 g/mol. The molecule has 0 aliphatic carbocycles. The van der Waals surface area contributed by atoms with Crippen LogP contribution in [0.3, 0.4) is 0 Å². The number of benzene rings is 1. The van der Waals surface area contributed by atoms with Crippen molar-refractivity contribution >= 4 is 21.6 Å². The Bertz CT molecular complexity index is 639. The van der Waals surface area contributed by atoms with Crippen LogP contribution in [0, 0.1) is 12.8 Å². The summed E-state index contributed by atoms with van der Waals surface area (Å²) in [5.41, 5.74) is 2.64. The summed E-state index contributed by atoms with van der Waals surface area (Å²) in [7, 11) is -3.41. The van der Waals surface area contributed by atoms with E-state index in [9.17, 15) is 13.2 Å². The Kier molecular flexibility index (Phi) is 7.06. The van der Waals surface area contributed by atoms with E-state index in [1.807, 2.05) is 45.9 Å². The maximum absolute atomic E-state index is 12.2. The number of para-hydroxylation sites is 1. The summed E-state index contributed by atoms with van der Waals surface area (Å²) in [6.45, 7) is 8.40. The van der Waals surface area contributed by atoms with Gasteiger partial charge in [0, 0.05) is 13.0 Å². The molecule has 0 heterocycles. The highest BCUT2D eigenvalue weighted by molar-refractivity contribution is 7.92. The molecule has 0 fully saturated rings. The standard InChI is InChI=1S/C17H28N2O3S/c1-6-15-9-7-8-14(4)17(15)19(23(5,21)22)11-10-18-16(20)12-13(2)3/h7-9,13H,6,10-12H2,1-5H3,(H,18,20). The molecular weight excluding hydrogens is 312 g/mol. The average molecular weight is 340 g/mol. The van der Waals surface area contributed by atoms with E-state index >= 15 is 0 Å². The molecule has 0 saturated carbocycles. The minimum atomic E-state index is -3.41. The van der Waals surface area contributed by atoms with Gasteiger partial charge in [-0.05, 0) is 30.4 Å².